The van der Waals surface area contributed by atoms with Crippen molar-refractivity contribution < 1.29 is 9.53 Å². The largest absolute Gasteiger partial charge is 0.496 e. The van der Waals surface area contributed by atoms with Crippen LogP contribution in [0.25, 0.3) is 0 Å². The number of rotatable bonds is 4. The molecule has 2 saturated carbocycles. The summed E-state index contributed by atoms with van der Waals surface area (Å²) in [4.78, 5) is 17.4. The average Bonchev–Trinajstić information content (AvgIpc) is 3.23. The molecule has 2 bridgehead atoms. The molecule has 4 unspecified atom stereocenters. The van der Waals surface area contributed by atoms with Gasteiger partial charge in [-0.25, -0.2) is 0 Å². The molecule has 1 aliphatic heterocycles. The topological polar surface area (TPSA) is 58.8 Å². The third kappa shape index (κ3) is 3.15. The second-order valence-electron chi connectivity index (χ2n) is 7.85. The molecule has 0 radical (unpaired) electrons. The van der Waals surface area contributed by atoms with Gasteiger partial charge in [0.15, 0.2) is 0 Å². The number of para-hydroxylation sites is 1. The highest BCUT2D eigenvalue weighted by molar-refractivity contribution is 5.80. The number of carbonyl (C=O) groups is 1. The van der Waals surface area contributed by atoms with Gasteiger partial charge in [0.25, 0.3) is 0 Å². The fraction of sp³-hybridized carbons (Fsp3) is 0.650. The first-order valence-electron chi connectivity index (χ1n) is 9.56. The lowest BCUT2D eigenvalue weighted by Crippen LogP contribution is -2.53. The number of amides is 1. The molecule has 136 valence electrons. The number of hydrogen-bond acceptors (Lipinski definition) is 4. The highest BCUT2D eigenvalue weighted by Gasteiger charge is 2.50. The summed E-state index contributed by atoms with van der Waals surface area (Å²) >= 11 is 0. The van der Waals surface area contributed by atoms with Crippen LogP contribution in [0.5, 0.6) is 5.75 Å². The van der Waals surface area contributed by atoms with Crippen molar-refractivity contribution >= 4 is 5.91 Å². The van der Waals surface area contributed by atoms with Crippen molar-refractivity contribution in [3.63, 3.8) is 0 Å². The van der Waals surface area contributed by atoms with E-state index in [1.807, 2.05) is 18.2 Å². The maximum absolute atomic E-state index is 13.0. The van der Waals surface area contributed by atoms with Gasteiger partial charge in [0.2, 0.25) is 5.91 Å². The molecular weight excluding hydrogens is 314 g/mol. The van der Waals surface area contributed by atoms with E-state index in [9.17, 15) is 4.79 Å². The zero-order valence-electron chi connectivity index (χ0n) is 15.1. The summed E-state index contributed by atoms with van der Waals surface area (Å²) in [5.74, 6) is 2.47. The Labute approximate surface area is 150 Å². The lowest BCUT2D eigenvalue weighted by molar-refractivity contribution is -0.139. The first-order chi connectivity index (χ1) is 12.2. The van der Waals surface area contributed by atoms with Gasteiger partial charge in [-0.15, -0.1) is 0 Å². The Kier molecular flexibility index (Phi) is 4.69. The van der Waals surface area contributed by atoms with E-state index in [2.05, 4.69) is 15.9 Å². The molecule has 4 rings (SSSR count). The Morgan fingerprint density at radius 1 is 1.16 bits per heavy atom. The zero-order chi connectivity index (χ0) is 17.4. The van der Waals surface area contributed by atoms with E-state index in [4.69, 9.17) is 10.5 Å². The van der Waals surface area contributed by atoms with Crippen molar-refractivity contribution in [2.45, 2.75) is 31.8 Å². The molecule has 2 aliphatic carbocycles. The average molecular weight is 343 g/mol. The molecule has 5 nitrogen and oxygen atoms in total. The van der Waals surface area contributed by atoms with Gasteiger partial charge in [0, 0.05) is 44.3 Å². The summed E-state index contributed by atoms with van der Waals surface area (Å²) in [6.45, 7) is 4.34. The van der Waals surface area contributed by atoms with Crippen molar-refractivity contribution in [2.24, 2.45) is 23.5 Å². The minimum absolute atomic E-state index is 0.0829. The predicted octanol–water partition coefficient (Wildman–Crippen LogP) is 1.71. The van der Waals surface area contributed by atoms with Crippen LogP contribution in [0.2, 0.25) is 0 Å². The van der Waals surface area contributed by atoms with Crippen molar-refractivity contribution in [3.05, 3.63) is 29.8 Å². The number of ether oxygens (including phenoxy) is 1. The predicted molar refractivity (Wildman–Crippen MR) is 97.1 cm³/mol. The number of benzene rings is 1. The van der Waals surface area contributed by atoms with Gasteiger partial charge in [0.1, 0.15) is 5.75 Å². The molecule has 2 N–H and O–H groups in total. The number of nitrogens with two attached hydrogens (primary N) is 1. The second kappa shape index (κ2) is 6.96. The number of methoxy groups -OCH3 is 1. The van der Waals surface area contributed by atoms with E-state index >= 15 is 0 Å². The third-order valence-corrected chi connectivity index (χ3v) is 6.54. The molecule has 1 amide bonds. The summed E-state index contributed by atoms with van der Waals surface area (Å²) in [5.41, 5.74) is 7.57. The quantitative estimate of drug-likeness (QED) is 0.904. The molecule has 25 heavy (non-hydrogen) atoms. The van der Waals surface area contributed by atoms with Gasteiger partial charge in [-0.3, -0.25) is 9.69 Å². The molecular formula is C20H29N3O2. The summed E-state index contributed by atoms with van der Waals surface area (Å²) in [6, 6.07) is 8.26. The molecule has 1 saturated heterocycles. The van der Waals surface area contributed by atoms with Crippen LogP contribution in [0.4, 0.5) is 0 Å². The molecule has 3 fully saturated rings. The van der Waals surface area contributed by atoms with Crippen molar-refractivity contribution in [2.75, 3.05) is 33.3 Å². The number of hydrogen-bond donors (Lipinski definition) is 1. The normalized spacial score (nSPS) is 32.2. The van der Waals surface area contributed by atoms with Crippen LogP contribution < -0.4 is 10.5 Å². The fourth-order valence-corrected chi connectivity index (χ4v) is 5.11. The van der Waals surface area contributed by atoms with Crippen LogP contribution in [0.15, 0.2) is 24.3 Å². The van der Waals surface area contributed by atoms with Crippen molar-refractivity contribution in [1.29, 1.82) is 0 Å². The Morgan fingerprint density at radius 2 is 1.88 bits per heavy atom. The number of piperazine rings is 1. The minimum Gasteiger partial charge on any atom is -0.496 e. The summed E-state index contributed by atoms with van der Waals surface area (Å²) in [7, 11) is 1.72. The fourth-order valence-electron chi connectivity index (χ4n) is 5.11. The van der Waals surface area contributed by atoms with Crippen LogP contribution in [-0.4, -0.2) is 55.0 Å². The highest BCUT2D eigenvalue weighted by Crippen LogP contribution is 2.48. The number of fused-ring (bicyclic) bond motifs is 2. The van der Waals surface area contributed by atoms with Gasteiger partial charge >= 0.3 is 0 Å². The maximum atomic E-state index is 13.0. The number of nitrogens with zero attached hydrogens (tertiary/aromatic N) is 2. The third-order valence-electron chi connectivity index (χ3n) is 6.54. The van der Waals surface area contributed by atoms with E-state index in [0.29, 0.717) is 17.7 Å². The van der Waals surface area contributed by atoms with Crippen LogP contribution in [0, 0.1) is 17.8 Å². The van der Waals surface area contributed by atoms with E-state index in [0.717, 1.165) is 38.5 Å². The van der Waals surface area contributed by atoms with Crippen molar-refractivity contribution in [1.82, 2.24) is 9.80 Å². The Hall–Kier alpha value is -1.59. The van der Waals surface area contributed by atoms with Crippen LogP contribution >= 0.6 is 0 Å². The Bertz CT molecular complexity index is 625. The van der Waals surface area contributed by atoms with Gasteiger partial charge in [0.05, 0.1) is 13.0 Å². The summed E-state index contributed by atoms with van der Waals surface area (Å²) in [6.07, 6.45) is 3.59. The van der Waals surface area contributed by atoms with Gasteiger partial charge < -0.3 is 15.4 Å². The standard InChI is InChI=1S/C20H29N3O2/c1-25-17-5-3-2-4-16(17)13-22-8-10-23(11-9-22)20(24)18-14-6-7-15(12-14)19(18)21/h2-5,14-15,18-19H,6-13,21H2,1H3. The molecule has 3 aliphatic rings. The molecule has 1 heterocycles. The lowest BCUT2D eigenvalue weighted by Gasteiger charge is -2.38. The lowest BCUT2D eigenvalue weighted by atomic mass is 9.84. The first kappa shape index (κ1) is 16.9. The van der Waals surface area contributed by atoms with Crippen molar-refractivity contribution in [3.8, 4) is 5.75 Å². The van der Waals surface area contributed by atoms with Gasteiger partial charge in [-0.1, -0.05) is 18.2 Å². The smallest absolute Gasteiger partial charge is 0.227 e. The number of carbonyl (C=O) groups excluding carboxylic acids is 1. The van der Waals surface area contributed by atoms with Crippen LogP contribution in [0.1, 0.15) is 24.8 Å². The summed E-state index contributed by atoms with van der Waals surface area (Å²) in [5, 5.41) is 0. The van der Waals surface area contributed by atoms with E-state index in [1.165, 1.54) is 24.8 Å². The first-order valence-corrected chi connectivity index (χ1v) is 9.56. The van der Waals surface area contributed by atoms with Crippen LogP contribution in [0.3, 0.4) is 0 Å². The van der Waals surface area contributed by atoms with E-state index in [-0.39, 0.29) is 12.0 Å². The highest BCUT2D eigenvalue weighted by atomic mass is 16.5. The molecule has 1 aromatic carbocycles. The Balaban J connectivity index is 1.33. The summed E-state index contributed by atoms with van der Waals surface area (Å²) < 4.78 is 5.45. The Morgan fingerprint density at radius 3 is 2.56 bits per heavy atom. The van der Waals surface area contributed by atoms with E-state index in [1.54, 1.807) is 7.11 Å². The van der Waals surface area contributed by atoms with Crippen LogP contribution in [-0.2, 0) is 11.3 Å². The van der Waals surface area contributed by atoms with E-state index < -0.39 is 0 Å². The monoisotopic (exact) mass is 343 g/mol. The molecule has 1 aromatic rings. The molecule has 0 aromatic heterocycles. The maximum Gasteiger partial charge on any atom is 0.227 e. The zero-order valence-corrected chi connectivity index (χ0v) is 15.1. The van der Waals surface area contributed by atoms with Gasteiger partial charge in [-0.2, -0.15) is 0 Å². The SMILES string of the molecule is COc1ccccc1CN1CCN(C(=O)C2C3CCC(C3)C2N)CC1. The second-order valence-corrected chi connectivity index (χ2v) is 7.85. The molecule has 0 spiro atoms. The molecule has 5 heteroatoms. The van der Waals surface area contributed by atoms with Gasteiger partial charge in [-0.05, 0) is 37.2 Å². The minimum atomic E-state index is 0.0829. The molecule has 4 atom stereocenters.